The van der Waals surface area contributed by atoms with Crippen LogP contribution in [0.5, 0.6) is 0 Å². The van der Waals surface area contributed by atoms with E-state index in [1.54, 1.807) is 0 Å². The van der Waals surface area contributed by atoms with Crippen LogP contribution in [-0.4, -0.2) is 48.5 Å². The average molecular weight is 247 g/mol. The molecule has 0 aliphatic rings. The molecule has 0 saturated heterocycles. The Kier molecular flexibility index (Phi) is 4.33. The van der Waals surface area contributed by atoms with Gasteiger partial charge in [0, 0.05) is 11.9 Å². The normalized spacial score (nSPS) is 11.6. The number of nitrogens with zero attached hydrogens (tertiary/aromatic N) is 3. The van der Waals surface area contributed by atoms with E-state index in [4.69, 9.17) is 4.74 Å². The van der Waals surface area contributed by atoms with Gasteiger partial charge in [-0.2, -0.15) is 5.10 Å². The number of rotatable bonds is 6. The van der Waals surface area contributed by atoms with E-state index in [9.17, 15) is 0 Å². The van der Waals surface area contributed by atoms with Crippen LogP contribution in [-0.2, 0) is 11.3 Å². The highest BCUT2D eigenvalue weighted by atomic mass is 16.5. The largest absolute Gasteiger partial charge is 0.378 e. The Labute approximate surface area is 108 Å². The number of benzene rings is 1. The standard InChI is InChI=1S/C14H21N3O/c1-12-13-6-4-5-7-14(13)17(15-12)9-11-18-10-8-16(2)3/h4-7H,8-11H2,1-3H3. The van der Waals surface area contributed by atoms with E-state index in [0.29, 0.717) is 6.61 Å². The lowest BCUT2D eigenvalue weighted by atomic mass is 10.2. The maximum absolute atomic E-state index is 5.60. The Morgan fingerprint density at radius 1 is 1.22 bits per heavy atom. The predicted octanol–water partition coefficient (Wildman–Crippen LogP) is 1.92. The van der Waals surface area contributed by atoms with Crippen molar-refractivity contribution >= 4 is 10.9 Å². The number of aromatic nitrogens is 2. The van der Waals surface area contributed by atoms with Crippen LogP contribution in [0.1, 0.15) is 5.69 Å². The van der Waals surface area contributed by atoms with Crippen LogP contribution in [0.3, 0.4) is 0 Å². The molecule has 0 amide bonds. The third-order valence-electron chi connectivity index (χ3n) is 2.97. The summed E-state index contributed by atoms with van der Waals surface area (Å²) in [5.41, 5.74) is 2.27. The van der Waals surface area contributed by atoms with Crippen molar-refractivity contribution in [1.29, 1.82) is 0 Å². The number of hydrogen-bond donors (Lipinski definition) is 0. The number of ether oxygens (including phenoxy) is 1. The number of fused-ring (bicyclic) bond motifs is 1. The van der Waals surface area contributed by atoms with Crippen molar-refractivity contribution in [2.45, 2.75) is 13.5 Å². The first-order chi connectivity index (χ1) is 8.68. The number of hydrogen-bond acceptors (Lipinski definition) is 3. The molecule has 0 bridgehead atoms. The molecule has 1 aromatic heterocycles. The van der Waals surface area contributed by atoms with Crippen LogP contribution in [0.25, 0.3) is 10.9 Å². The summed E-state index contributed by atoms with van der Waals surface area (Å²) in [5.74, 6) is 0. The molecule has 18 heavy (non-hydrogen) atoms. The van der Waals surface area contributed by atoms with E-state index in [1.807, 2.05) is 31.8 Å². The summed E-state index contributed by atoms with van der Waals surface area (Å²) < 4.78 is 7.63. The lowest BCUT2D eigenvalue weighted by molar-refractivity contribution is 0.109. The van der Waals surface area contributed by atoms with Crippen molar-refractivity contribution in [1.82, 2.24) is 14.7 Å². The smallest absolute Gasteiger partial charge is 0.0686 e. The highest BCUT2D eigenvalue weighted by molar-refractivity contribution is 5.81. The van der Waals surface area contributed by atoms with Crippen molar-refractivity contribution in [2.24, 2.45) is 0 Å². The second-order valence-electron chi connectivity index (χ2n) is 4.74. The van der Waals surface area contributed by atoms with Gasteiger partial charge in [-0.15, -0.1) is 0 Å². The van der Waals surface area contributed by atoms with Crippen LogP contribution in [0.15, 0.2) is 24.3 Å². The number of para-hydroxylation sites is 1. The molecule has 0 N–H and O–H groups in total. The molecule has 0 aliphatic heterocycles. The average Bonchev–Trinajstić information content (AvgIpc) is 2.66. The molecule has 0 radical (unpaired) electrons. The Balaban J connectivity index is 1.92. The van der Waals surface area contributed by atoms with Gasteiger partial charge in [0.25, 0.3) is 0 Å². The Bertz CT molecular complexity index is 505. The minimum absolute atomic E-state index is 0.707. The molecule has 0 aliphatic carbocycles. The molecule has 2 rings (SSSR count). The summed E-state index contributed by atoms with van der Waals surface area (Å²) in [6, 6.07) is 8.32. The first-order valence-corrected chi connectivity index (χ1v) is 6.33. The Morgan fingerprint density at radius 2 is 2.00 bits per heavy atom. The second-order valence-corrected chi connectivity index (χ2v) is 4.74. The lowest BCUT2D eigenvalue weighted by Gasteiger charge is -2.10. The molecule has 4 nitrogen and oxygen atoms in total. The van der Waals surface area contributed by atoms with E-state index < -0.39 is 0 Å². The fourth-order valence-corrected chi connectivity index (χ4v) is 1.96. The molecule has 0 fully saturated rings. The molecule has 0 atom stereocenters. The Hall–Kier alpha value is -1.39. The maximum atomic E-state index is 5.60. The van der Waals surface area contributed by atoms with Gasteiger partial charge in [0.1, 0.15) is 0 Å². The predicted molar refractivity (Wildman–Crippen MR) is 73.8 cm³/mol. The molecule has 1 heterocycles. The van der Waals surface area contributed by atoms with Gasteiger partial charge < -0.3 is 9.64 Å². The first-order valence-electron chi connectivity index (χ1n) is 6.33. The van der Waals surface area contributed by atoms with Crippen LogP contribution >= 0.6 is 0 Å². The van der Waals surface area contributed by atoms with E-state index in [1.165, 1.54) is 10.9 Å². The van der Waals surface area contributed by atoms with Crippen LogP contribution in [0.4, 0.5) is 0 Å². The zero-order valence-electron chi connectivity index (χ0n) is 11.4. The van der Waals surface area contributed by atoms with Crippen molar-refractivity contribution < 1.29 is 4.74 Å². The minimum atomic E-state index is 0.707. The summed E-state index contributed by atoms with van der Waals surface area (Å²) in [4.78, 5) is 2.12. The van der Waals surface area contributed by atoms with Gasteiger partial charge in [-0.05, 0) is 27.1 Å². The maximum Gasteiger partial charge on any atom is 0.0686 e. The summed E-state index contributed by atoms with van der Waals surface area (Å²) >= 11 is 0. The zero-order valence-corrected chi connectivity index (χ0v) is 11.4. The van der Waals surface area contributed by atoms with E-state index >= 15 is 0 Å². The minimum Gasteiger partial charge on any atom is -0.378 e. The van der Waals surface area contributed by atoms with Gasteiger partial charge in [-0.1, -0.05) is 18.2 Å². The number of likely N-dealkylation sites (N-methyl/N-ethyl adjacent to an activating group) is 1. The fourth-order valence-electron chi connectivity index (χ4n) is 1.96. The van der Waals surface area contributed by atoms with Crippen LogP contribution in [0.2, 0.25) is 0 Å². The fraction of sp³-hybridized carbons (Fsp3) is 0.500. The lowest BCUT2D eigenvalue weighted by Crippen LogP contribution is -2.19. The van der Waals surface area contributed by atoms with Gasteiger partial charge in [-0.25, -0.2) is 0 Å². The summed E-state index contributed by atoms with van der Waals surface area (Å²) in [6.07, 6.45) is 0. The molecule has 4 heteroatoms. The van der Waals surface area contributed by atoms with Crippen molar-refractivity contribution in [3.05, 3.63) is 30.0 Å². The van der Waals surface area contributed by atoms with Gasteiger partial charge in [0.15, 0.2) is 0 Å². The monoisotopic (exact) mass is 247 g/mol. The van der Waals surface area contributed by atoms with E-state index in [0.717, 1.165) is 25.4 Å². The van der Waals surface area contributed by atoms with E-state index in [2.05, 4.69) is 28.2 Å². The number of aryl methyl sites for hydroxylation is 1. The molecule has 0 spiro atoms. The molecule has 0 unspecified atom stereocenters. The molecule has 1 aromatic carbocycles. The van der Waals surface area contributed by atoms with Crippen molar-refractivity contribution in [2.75, 3.05) is 33.9 Å². The first kappa shape index (κ1) is 13.1. The van der Waals surface area contributed by atoms with Crippen molar-refractivity contribution in [3.8, 4) is 0 Å². The summed E-state index contributed by atoms with van der Waals surface area (Å²) in [5, 5.41) is 5.78. The molecular weight excluding hydrogens is 226 g/mol. The third-order valence-corrected chi connectivity index (χ3v) is 2.97. The molecule has 0 saturated carbocycles. The molecular formula is C14H21N3O. The van der Waals surface area contributed by atoms with Gasteiger partial charge >= 0.3 is 0 Å². The highest BCUT2D eigenvalue weighted by Gasteiger charge is 2.05. The quantitative estimate of drug-likeness (QED) is 0.731. The Morgan fingerprint density at radius 3 is 2.78 bits per heavy atom. The third kappa shape index (κ3) is 3.09. The molecule has 98 valence electrons. The zero-order chi connectivity index (χ0) is 13.0. The summed E-state index contributed by atoms with van der Waals surface area (Å²) in [7, 11) is 4.10. The highest BCUT2D eigenvalue weighted by Crippen LogP contribution is 2.16. The van der Waals surface area contributed by atoms with Crippen LogP contribution < -0.4 is 0 Å². The van der Waals surface area contributed by atoms with Gasteiger partial charge in [0.2, 0.25) is 0 Å². The SMILES string of the molecule is Cc1nn(CCOCCN(C)C)c2ccccc12. The van der Waals surface area contributed by atoms with Crippen molar-refractivity contribution in [3.63, 3.8) is 0 Å². The summed E-state index contributed by atoms with van der Waals surface area (Å²) in [6.45, 7) is 5.29. The van der Waals surface area contributed by atoms with Gasteiger partial charge in [-0.3, -0.25) is 4.68 Å². The molecule has 2 aromatic rings. The van der Waals surface area contributed by atoms with E-state index in [-0.39, 0.29) is 0 Å². The van der Waals surface area contributed by atoms with Crippen LogP contribution in [0, 0.1) is 6.92 Å². The topological polar surface area (TPSA) is 30.3 Å². The second kappa shape index (κ2) is 5.98. The van der Waals surface area contributed by atoms with Gasteiger partial charge in [0.05, 0.1) is 31.0 Å².